The lowest BCUT2D eigenvalue weighted by Gasteiger charge is -2.17. The van der Waals surface area contributed by atoms with Crippen molar-refractivity contribution in [3.63, 3.8) is 0 Å². The third-order valence-corrected chi connectivity index (χ3v) is 5.41. The van der Waals surface area contributed by atoms with Gasteiger partial charge in [-0.15, -0.1) is 0 Å². The highest BCUT2D eigenvalue weighted by Gasteiger charge is 2.31. The number of benzene rings is 2. The molecule has 29 heavy (non-hydrogen) atoms. The number of aromatic nitrogens is 1. The zero-order valence-corrected chi connectivity index (χ0v) is 16.5. The Bertz CT molecular complexity index is 1070. The first-order chi connectivity index (χ1) is 14.0. The second-order valence-electron chi connectivity index (χ2n) is 6.57. The van der Waals surface area contributed by atoms with Crippen LogP contribution in [0.2, 0.25) is 0 Å². The fraction of sp³-hybridized carbons (Fsp3) is 0.250. The molecule has 9 heteroatoms. The highest BCUT2D eigenvalue weighted by atomic mass is 32.1. The summed E-state index contributed by atoms with van der Waals surface area (Å²) in [5.41, 5.74) is 1.25. The summed E-state index contributed by atoms with van der Waals surface area (Å²) in [6, 6.07) is 10.6. The second-order valence-corrected chi connectivity index (χ2v) is 7.60. The van der Waals surface area contributed by atoms with Gasteiger partial charge in [-0.1, -0.05) is 17.4 Å². The molecule has 0 unspecified atom stereocenters. The molecule has 1 aliphatic rings. The van der Waals surface area contributed by atoms with Crippen LogP contribution in [0.4, 0.5) is 20.0 Å². The van der Waals surface area contributed by atoms with Crippen LogP contribution >= 0.6 is 11.3 Å². The largest absolute Gasteiger partial charge is 0.494 e. The van der Waals surface area contributed by atoms with Crippen LogP contribution < -0.4 is 20.3 Å². The number of amides is 3. The number of carbonyl (C=O) groups excluding carboxylic acids is 2. The third-order valence-electron chi connectivity index (χ3n) is 4.47. The zero-order valence-electron chi connectivity index (χ0n) is 15.6. The van der Waals surface area contributed by atoms with Crippen molar-refractivity contribution < 1.29 is 18.7 Å². The van der Waals surface area contributed by atoms with E-state index < -0.39 is 11.8 Å². The Balaban J connectivity index is 1.38. The molecule has 2 aromatic carbocycles. The molecule has 1 fully saturated rings. The van der Waals surface area contributed by atoms with E-state index >= 15 is 0 Å². The summed E-state index contributed by atoms with van der Waals surface area (Å²) in [6.07, 6.45) is 0.154. The van der Waals surface area contributed by atoms with Gasteiger partial charge in [0.25, 0.3) is 0 Å². The van der Waals surface area contributed by atoms with Gasteiger partial charge in [-0.05, 0) is 43.3 Å². The number of urea groups is 1. The van der Waals surface area contributed by atoms with Gasteiger partial charge in [-0.3, -0.25) is 10.1 Å². The second kappa shape index (κ2) is 8.04. The van der Waals surface area contributed by atoms with Gasteiger partial charge in [0.1, 0.15) is 11.6 Å². The van der Waals surface area contributed by atoms with E-state index in [4.69, 9.17) is 4.74 Å². The van der Waals surface area contributed by atoms with E-state index in [0.29, 0.717) is 17.4 Å². The molecule has 0 spiro atoms. The fourth-order valence-corrected chi connectivity index (χ4v) is 4.12. The number of nitrogens with zero attached hydrogens (tertiary/aromatic N) is 2. The van der Waals surface area contributed by atoms with Crippen molar-refractivity contribution in [3.8, 4) is 5.75 Å². The van der Waals surface area contributed by atoms with Gasteiger partial charge in [0.15, 0.2) is 5.13 Å². The monoisotopic (exact) mass is 414 g/mol. The summed E-state index contributed by atoms with van der Waals surface area (Å²) in [6.45, 7) is 2.77. The Morgan fingerprint density at radius 2 is 2.21 bits per heavy atom. The number of halogens is 1. The number of hydrogen-bond donors (Lipinski definition) is 2. The maximum absolute atomic E-state index is 13.4. The number of hydrogen-bond acceptors (Lipinski definition) is 5. The summed E-state index contributed by atoms with van der Waals surface area (Å²) >= 11 is 1.34. The Labute approximate surface area is 170 Å². The van der Waals surface area contributed by atoms with Crippen molar-refractivity contribution in [1.82, 2.24) is 10.3 Å². The molecular weight excluding hydrogens is 395 g/mol. The molecule has 0 radical (unpaired) electrons. The molecule has 150 valence electrons. The summed E-state index contributed by atoms with van der Waals surface area (Å²) in [7, 11) is 0. The molecule has 0 aliphatic carbocycles. The lowest BCUT2D eigenvalue weighted by molar-refractivity contribution is -0.117. The molecule has 1 saturated heterocycles. The molecular formula is C20H19FN4O3S. The average molecular weight is 414 g/mol. The zero-order chi connectivity index (χ0) is 20.4. The SMILES string of the molecule is CCOc1ccc2nc(NC(=O)N[C@H]3CC(=O)N(c4cccc(F)c4)C3)sc2c1. The molecule has 2 heterocycles. The number of nitrogens with one attached hydrogen (secondary N) is 2. The molecule has 0 saturated carbocycles. The Kier molecular flexibility index (Phi) is 5.30. The van der Waals surface area contributed by atoms with E-state index in [1.165, 1.54) is 28.4 Å². The van der Waals surface area contributed by atoms with Crippen molar-refractivity contribution in [2.75, 3.05) is 23.4 Å². The Morgan fingerprint density at radius 1 is 1.34 bits per heavy atom. The van der Waals surface area contributed by atoms with Gasteiger partial charge < -0.3 is 15.0 Å². The van der Waals surface area contributed by atoms with Crippen LogP contribution in [0.1, 0.15) is 13.3 Å². The van der Waals surface area contributed by atoms with Crippen molar-refractivity contribution >= 4 is 44.3 Å². The summed E-state index contributed by atoms with van der Waals surface area (Å²) in [5.74, 6) is 0.179. The number of ether oxygens (including phenoxy) is 1. The molecule has 3 aromatic rings. The highest BCUT2D eigenvalue weighted by molar-refractivity contribution is 7.22. The molecule has 0 bridgehead atoms. The quantitative estimate of drug-likeness (QED) is 0.666. The van der Waals surface area contributed by atoms with Crippen LogP contribution in [-0.4, -0.2) is 36.1 Å². The normalized spacial score (nSPS) is 16.3. The molecule has 7 nitrogen and oxygen atoms in total. The topological polar surface area (TPSA) is 83.6 Å². The number of fused-ring (bicyclic) bond motifs is 1. The first-order valence-electron chi connectivity index (χ1n) is 9.18. The van der Waals surface area contributed by atoms with Crippen LogP contribution in [0.3, 0.4) is 0 Å². The maximum Gasteiger partial charge on any atom is 0.321 e. The van der Waals surface area contributed by atoms with E-state index in [2.05, 4.69) is 15.6 Å². The van der Waals surface area contributed by atoms with Crippen molar-refractivity contribution in [2.24, 2.45) is 0 Å². The predicted molar refractivity (Wildman–Crippen MR) is 110 cm³/mol. The van der Waals surface area contributed by atoms with E-state index in [0.717, 1.165) is 16.0 Å². The number of anilines is 2. The predicted octanol–water partition coefficient (Wildman–Crippen LogP) is 3.76. The Morgan fingerprint density at radius 3 is 3.00 bits per heavy atom. The number of thiazole rings is 1. The molecule has 4 rings (SSSR count). The van der Waals surface area contributed by atoms with Crippen LogP contribution in [0, 0.1) is 5.82 Å². The summed E-state index contributed by atoms with van der Waals surface area (Å²) < 4.78 is 19.8. The molecule has 2 N–H and O–H groups in total. The van der Waals surface area contributed by atoms with Gasteiger partial charge in [0.05, 0.1) is 22.9 Å². The lowest BCUT2D eigenvalue weighted by Crippen LogP contribution is -2.39. The Hall–Kier alpha value is -3.20. The minimum Gasteiger partial charge on any atom is -0.494 e. The minimum atomic E-state index is -0.437. The average Bonchev–Trinajstić information content (AvgIpc) is 3.24. The van der Waals surface area contributed by atoms with Crippen LogP contribution in [0.5, 0.6) is 5.75 Å². The standard InChI is InChI=1S/C20H19FN4O3S/c1-2-28-15-6-7-16-17(10-15)29-20(23-16)24-19(27)22-13-9-18(26)25(11-13)14-5-3-4-12(21)8-14/h3-8,10,13H,2,9,11H2,1H3,(H2,22,23,24,27)/t13-/m0/s1. The molecule has 3 amide bonds. The molecule has 1 aliphatic heterocycles. The van der Waals surface area contributed by atoms with Crippen LogP contribution in [0.25, 0.3) is 10.2 Å². The third kappa shape index (κ3) is 4.29. The van der Waals surface area contributed by atoms with Gasteiger partial charge in [-0.2, -0.15) is 0 Å². The highest BCUT2D eigenvalue weighted by Crippen LogP contribution is 2.29. The van der Waals surface area contributed by atoms with E-state index in [1.54, 1.807) is 12.1 Å². The van der Waals surface area contributed by atoms with E-state index in [1.807, 2.05) is 25.1 Å². The van der Waals surface area contributed by atoms with Crippen molar-refractivity contribution in [2.45, 2.75) is 19.4 Å². The van der Waals surface area contributed by atoms with Crippen LogP contribution in [-0.2, 0) is 4.79 Å². The minimum absolute atomic E-state index is 0.154. The van der Waals surface area contributed by atoms with Gasteiger partial charge in [-0.25, -0.2) is 14.2 Å². The first-order valence-corrected chi connectivity index (χ1v) is 10.0. The lowest BCUT2D eigenvalue weighted by atomic mass is 10.2. The molecule has 1 aromatic heterocycles. The molecule has 1 atom stereocenters. The van der Waals surface area contributed by atoms with E-state index in [9.17, 15) is 14.0 Å². The maximum atomic E-state index is 13.4. The van der Waals surface area contributed by atoms with Gasteiger partial charge in [0.2, 0.25) is 5.91 Å². The van der Waals surface area contributed by atoms with E-state index in [-0.39, 0.29) is 24.9 Å². The van der Waals surface area contributed by atoms with Crippen molar-refractivity contribution in [3.05, 3.63) is 48.3 Å². The van der Waals surface area contributed by atoms with Crippen molar-refractivity contribution in [1.29, 1.82) is 0 Å². The number of rotatable bonds is 5. The fourth-order valence-electron chi connectivity index (χ4n) is 3.23. The van der Waals surface area contributed by atoms with Gasteiger partial charge >= 0.3 is 6.03 Å². The van der Waals surface area contributed by atoms with Crippen LogP contribution in [0.15, 0.2) is 42.5 Å². The summed E-state index contributed by atoms with van der Waals surface area (Å²) in [4.78, 5) is 30.5. The smallest absolute Gasteiger partial charge is 0.321 e. The van der Waals surface area contributed by atoms with Gasteiger partial charge in [0, 0.05) is 18.7 Å². The number of carbonyl (C=O) groups is 2. The summed E-state index contributed by atoms with van der Waals surface area (Å²) in [5, 5.41) is 5.95. The first kappa shape index (κ1) is 19.1.